The Morgan fingerprint density at radius 2 is 1.96 bits per heavy atom. The molecule has 136 valence electrons. The van der Waals surface area contributed by atoms with Gasteiger partial charge < -0.3 is 15.0 Å². The van der Waals surface area contributed by atoms with Gasteiger partial charge in [-0.05, 0) is 50.6 Å². The van der Waals surface area contributed by atoms with Gasteiger partial charge in [0.1, 0.15) is 0 Å². The van der Waals surface area contributed by atoms with Gasteiger partial charge in [-0.15, -0.1) is 11.3 Å². The van der Waals surface area contributed by atoms with E-state index in [0.29, 0.717) is 17.7 Å². The molecule has 0 atom stereocenters. The highest BCUT2D eigenvalue weighted by molar-refractivity contribution is 7.12. The number of ether oxygens (including phenoxy) is 1. The molecule has 26 heavy (non-hydrogen) atoms. The van der Waals surface area contributed by atoms with E-state index in [0.717, 1.165) is 28.4 Å². The topological polar surface area (TPSA) is 75.7 Å². The average Bonchev–Trinajstić information content (AvgIpc) is 3.18. The number of hydrogen-bond donors (Lipinski definition) is 1. The second-order valence-corrected chi connectivity index (χ2v) is 7.61. The predicted octanol–water partition coefficient (Wildman–Crippen LogP) is 3.29. The van der Waals surface area contributed by atoms with Crippen molar-refractivity contribution in [3.63, 3.8) is 0 Å². The number of benzene rings is 1. The fraction of sp³-hybridized carbons (Fsp3) is 0.316. The Morgan fingerprint density at radius 1 is 1.23 bits per heavy atom. The van der Waals surface area contributed by atoms with Crippen LogP contribution in [0.15, 0.2) is 30.3 Å². The highest BCUT2D eigenvalue weighted by atomic mass is 32.1. The lowest BCUT2D eigenvalue weighted by Gasteiger charge is -2.16. The molecular formula is C19H20N2O4S. The van der Waals surface area contributed by atoms with Crippen LogP contribution in [0, 0.1) is 13.8 Å². The van der Waals surface area contributed by atoms with E-state index < -0.39 is 11.9 Å². The first-order valence-corrected chi connectivity index (χ1v) is 9.20. The molecule has 1 saturated heterocycles. The van der Waals surface area contributed by atoms with E-state index in [-0.39, 0.29) is 12.5 Å². The lowest BCUT2D eigenvalue weighted by atomic mass is 10.2. The number of rotatable bonds is 5. The number of hydrogen-bond acceptors (Lipinski definition) is 5. The third kappa shape index (κ3) is 4.11. The summed E-state index contributed by atoms with van der Waals surface area (Å²) < 4.78 is 5.08. The molecule has 0 unspecified atom stereocenters. The molecule has 1 fully saturated rings. The second kappa shape index (κ2) is 7.70. The number of nitrogens with one attached hydrogen (secondary N) is 1. The second-order valence-electron chi connectivity index (χ2n) is 6.15. The Balaban J connectivity index is 1.52. The Kier molecular flexibility index (Phi) is 5.37. The number of carbonyl (C=O) groups is 3. The van der Waals surface area contributed by atoms with E-state index in [4.69, 9.17) is 4.74 Å². The van der Waals surface area contributed by atoms with Gasteiger partial charge in [-0.25, -0.2) is 4.79 Å². The first-order chi connectivity index (χ1) is 12.4. The molecular weight excluding hydrogens is 352 g/mol. The maximum atomic E-state index is 12.0. The lowest BCUT2D eigenvalue weighted by Crippen LogP contribution is -2.23. The zero-order chi connectivity index (χ0) is 18.7. The highest BCUT2D eigenvalue weighted by Crippen LogP contribution is 2.23. The maximum absolute atomic E-state index is 12.0. The monoisotopic (exact) mass is 372 g/mol. The van der Waals surface area contributed by atoms with Gasteiger partial charge in [0.15, 0.2) is 6.61 Å². The molecule has 0 aliphatic carbocycles. The summed E-state index contributed by atoms with van der Waals surface area (Å²) in [5.41, 5.74) is 1.91. The molecule has 2 aromatic rings. The molecule has 6 nitrogen and oxygen atoms in total. The number of amides is 2. The first-order valence-electron chi connectivity index (χ1n) is 8.38. The summed E-state index contributed by atoms with van der Waals surface area (Å²) in [6.07, 6.45) is 1.44. The first kappa shape index (κ1) is 18.1. The van der Waals surface area contributed by atoms with Gasteiger partial charge >= 0.3 is 5.97 Å². The smallest absolute Gasteiger partial charge is 0.339 e. The minimum absolute atomic E-state index is 0.118. The minimum Gasteiger partial charge on any atom is -0.452 e. The number of anilines is 2. The van der Waals surface area contributed by atoms with Crippen LogP contribution in [-0.2, 0) is 14.3 Å². The van der Waals surface area contributed by atoms with Crippen LogP contribution in [0.3, 0.4) is 0 Å². The van der Waals surface area contributed by atoms with E-state index in [1.807, 2.05) is 13.8 Å². The predicted molar refractivity (Wildman–Crippen MR) is 101 cm³/mol. The number of carbonyl (C=O) groups excluding carboxylic acids is 3. The van der Waals surface area contributed by atoms with Gasteiger partial charge in [0, 0.05) is 34.1 Å². The van der Waals surface area contributed by atoms with Crippen molar-refractivity contribution in [2.24, 2.45) is 0 Å². The average molecular weight is 372 g/mol. The van der Waals surface area contributed by atoms with Crippen molar-refractivity contribution >= 4 is 40.5 Å². The molecule has 1 aromatic carbocycles. The van der Waals surface area contributed by atoms with Crippen LogP contribution in [-0.4, -0.2) is 30.9 Å². The molecule has 0 spiro atoms. The van der Waals surface area contributed by atoms with E-state index >= 15 is 0 Å². The van der Waals surface area contributed by atoms with Gasteiger partial charge in [0.25, 0.3) is 5.91 Å². The zero-order valence-corrected chi connectivity index (χ0v) is 15.5. The van der Waals surface area contributed by atoms with Gasteiger partial charge in [-0.2, -0.15) is 0 Å². The third-order valence-corrected chi connectivity index (χ3v) is 5.10. The summed E-state index contributed by atoms with van der Waals surface area (Å²) in [5.74, 6) is -0.787. The van der Waals surface area contributed by atoms with Gasteiger partial charge in [-0.3, -0.25) is 9.59 Å². The van der Waals surface area contributed by atoms with Crippen LogP contribution in [0.2, 0.25) is 0 Å². The Labute approximate surface area is 155 Å². The van der Waals surface area contributed by atoms with Gasteiger partial charge in [-0.1, -0.05) is 0 Å². The van der Waals surface area contributed by atoms with E-state index in [2.05, 4.69) is 5.32 Å². The number of aryl methyl sites for hydroxylation is 2. The molecule has 3 rings (SSSR count). The molecule has 1 N–H and O–H groups in total. The number of nitrogens with zero attached hydrogens (tertiary/aromatic N) is 1. The zero-order valence-electron chi connectivity index (χ0n) is 14.7. The van der Waals surface area contributed by atoms with Crippen LogP contribution in [0.25, 0.3) is 0 Å². The summed E-state index contributed by atoms with van der Waals surface area (Å²) in [4.78, 5) is 39.4. The SMILES string of the molecule is Cc1cc(C(=O)OCC(=O)Nc2ccc(N3CCCC3=O)cc2)c(C)s1. The van der Waals surface area contributed by atoms with E-state index in [1.165, 1.54) is 11.3 Å². The Hall–Kier alpha value is -2.67. The normalized spacial score (nSPS) is 13.8. The molecule has 0 bridgehead atoms. The van der Waals surface area contributed by atoms with Crippen molar-refractivity contribution in [3.8, 4) is 0 Å². The molecule has 7 heteroatoms. The molecule has 1 aliphatic rings. The van der Waals surface area contributed by atoms with Crippen LogP contribution in [0.5, 0.6) is 0 Å². The summed E-state index contributed by atoms with van der Waals surface area (Å²) in [5, 5.41) is 2.68. The lowest BCUT2D eigenvalue weighted by molar-refractivity contribution is -0.119. The fourth-order valence-electron chi connectivity index (χ4n) is 2.89. The van der Waals surface area contributed by atoms with Crippen LogP contribution in [0.1, 0.15) is 33.0 Å². The summed E-state index contributed by atoms with van der Waals surface area (Å²) >= 11 is 1.52. The maximum Gasteiger partial charge on any atom is 0.339 e. The largest absolute Gasteiger partial charge is 0.452 e. The number of thiophene rings is 1. The van der Waals surface area contributed by atoms with Crippen LogP contribution in [0.4, 0.5) is 11.4 Å². The Morgan fingerprint density at radius 3 is 2.54 bits per heavy atom. The number of esters is 1. The minimum atomic E-state index is -0.495. The Bertz CT molecular complexity index is 842. The van der Waals surface area contributed by atoms with Crippen molar-refractivity contribution in [2.75, 3.05) is 23.4 Å². The summed E-state index contributed by atoms with van der Waals surface area (Å²) in [6, 6.07) is 8.81. The van der Waals surface area contributed by atoms with Crippen molar-refractivity contribution < 1.29 is 19.1 Å². The van der Waals surface area contributed by atoms with Crippen molar-refractivity contribution in [2.45, 2.75) is 26.7 Å². The van der Waals surface area contributed by atoms with Gasteiger partial charge in [0.2, 0.25) is 5.91 Å². The van der Waals surface area contributed by atoms with Crippen LogP contribution < -0.4 is 10.2 Å². The quantitative estimate of drug-likeness (QED) is 0.817. The molecule has 0 saturated carbocycles. The van der Waals surface area contributed by atoms with Crippen molar-refractivity contribution in [3.05, 3.63) is 45.6 Å². The highest BCUT2D eigenvalue weighted by Gasteiger charge is 2.21. The summed E-state index contributed by atoms with van der Waals surface area (Å²) in [6.45, 7) is 4.14. The summed E-state index contributed by atoms with van der Waals surface area (Å²) in [7, 11) is 0. The molecule has 1 aromatic heterocycles. The molecule has 0 radical (unpaired) electrons. The molecule has 2 heterocycles. The van der Waals surface area contributed by atoms with Crippen molar-refractivity contribution in [1.82, 2.24) is 0 Å². The molecule has 2 amide bonds. The molecule has 1 aliphatic heterocycles. The van der Waals surface area contributed by atoms with Crippen LogP contribution >= 0.6 is 11.3 Å². The fourth-order valence-corrected chi connectivity index (χ4v) is 3.80. The standard InChI is InChI=1S/C19H20N2O4S/c1-12-10-16(13(2)26-12)19(24)25-11-17(22)20-14-5-7-15(8-6-14)21-9-3-4-18(21)23/h5-8,10H,3-4,9,11H2,1-2H3,(H,20,22). The van der Waals surface area contributed by atoms with E-state index in [1.54, 1.807) is 35.2 Å². The van der Waals surface area contributed by atoms with E-state index in [9.17, 15) is 14.4 Å². The van der Waals surface area contributed by atoms with Crippen molar-refractivity contribution in [1.29, 1.82) is 0 Å². The third-order valence-electron chi connectivity index (χ3n) is 4.13. The van der Waals surface area contributed by atoms with Gasteiger partial charge in [0.05, 0.1) is 5.56 Å².